The molecule has 5 heteroatoms. The van der Waals surface area contributed by atoms with E-state index in [4.69, 9.17) is 4.42 Å². The van der Waals surface area contributed by atoms with Gasteiger partial charge in [-0.25, -0.2) is 0 Å². The molecule has 0 aliphatic carbocycles. The van der Waals surface area contributed by atoms with Gasteiger partial charge in [-0.1, -0.05) is 72.8 Å². The van der Waals surface area contributed by atoms with Crippen molar-refractivity contribution in [3.63, 3.8) is 0 Å². The van der Waals surface area contributed by atoms with Crippen molar-refractivity contribution in [3.8, 4) is 11.4 Å². The van der Waals surface area contributed by atoms with Gasteiger partial charge < -0.3 is 13.6 Å². The lowest BCUT2D eigenvalue weighted by molar-refractivity contribution is 0.660. The Labute approximate surface area is 276 Å². The normalized spacial score (nSPS) is 12.2. The molecule has 0 bridgehead atoms. The van der Waals surface area contributed by atoms with E-state index >= 15 is 0 Å². The molecular formula is C43H24N2O2S. The Balaban J connectivity index is 1.21. The van der Waals surface area contributed by atoms with Crippen molar-refractivity contribution in [1.82, 2.24) is 9.13 Å². The number of hydrogen-bond acceptors (Lipinski definition) is 3. The molecule has 0 fully saturated rings. The van der Waals surface area contributed by atoms with Crippen molar-refractivity contribution in [1.29, 1.82) is 0 Å². The second kappa shape index (κ2) is 9.44. The zero-order chi connectivity index (χ0) is 31.5. The van der Waals surface area contributed by atoms with E-state index in [1.165, 1.54) is 42.7 Å². The molecule has 0 atom stereocenters. The molecular weight excluding hydrogens is 609 g/mol. The van der Waals surface area contributed by atoms with Crippen LogP contribution >= 0.6 is 11.3 Å². The number of fused-ring (bicyclic) bond motifs is 12. The Morgan fingerprint density at radius 2 is 1.02 bits per heavy atom. The third kappa shape index (κ3) is 3.40. The number of benzene rings is 7. The smallest absolute Gasteiger partial charge is 0.200 e. The number of thiophene rings is 1. The summed E-state index contributed by atoms with van der Waals surface area (Å²) in [5.41, 5.74) is 7.82. The minimum atomic E-state index is -0.00481. The molecule has 0 spiro atoms. The highest BCUT2D eigenvalue weighted by molar-refractivity contribution is 7.25. The molecule has 0 radical (unpaired) electrons. The van der Waals surface area contributed by atoms with E-state index in [1.807, 2.05) is 30.3 Å². The minimum absolute atomic E-state index is 0.00481. The number of nitrogens with zero attached hydrogens (tertiary/aromatic N) is 2. The summed E-state index contributed by atoms with van der Waals surface area (Å²) in [6, 6.07) is 50.7. The van der Waals surface area contributed by atoms with Gasteiger partial charge in [-0.2, -0.15) is 0 Å². The van der Waals surface area contributed by atoms with Crippen molar-refractivity contribution in [2.75, 3.05) is 0 Å². The average Bonchev–Trinajstić information content (AvgIpc) is 3.78. The molecule has 0 saturated heterocycles. The molecule has 0 N–H and O–H groups in total. The fraction of sp³-hybridized carbons (Fsp3) is 0. The number of aromatic nitrogens is 2. The first-order chi connectivity index (χ1) is 23.7. The van der Waals surface area contributed by atoms with Crippen molar-refractivity contribution in [2.45, 2.75) is 0 Å². The lowest BCUT2D eigenvalue weighted by Gasteiger charge is -2.10. The second-order valence-electron chi connectivity index (χ2n) is 12.4. The molecule has 4 nitrogen and oxygen atoms in total. The summed E-state index contributed by atoms with van der Waals surface area (Å²) in [6.07, 6.45) is 0. The Morgan fingerprint density at radius 1 is 0.417 bits per heavy atom. The Morgan fingerprint density at radius 3 is 1.75 bits per heavy atom. The van der Waals surface area contributed by atoms with Crippen LogP contribution in [-0.4, -0.2) is 9.13 Å². The van der Waals surface area contributed by atoms with Gasteiger partial charge in [-0.05, 0) is 66.7 Å². The van der Waals surface area contributed by atoms with Crippen LogP contribution in [-0.2, 0) is 0 Å². The summed E-state index contributed by atoms with van der Waals surface area (Å²) < 4.78 is 13.5. The van der Waals surface area contributed by atoms with Crippen molar-refractivity contribution in [3.05, 3.63) is 156 Å². The van der Waals surface area contributed by atoms with Crippen LogP contribution in [0.4, 0.5) is 0 Å². The van der Waals surface area contributed by atoms with Gasteiger partial charge in [0.05, 0.1) is 32.8 Å². The van der Waals surface area contributed by atoms with Crippen molar-refractivity contribution < 1.29 is 4.42 Å². The van der Waals surface area contributed by atoms with Crippen LogP contribution in [0.2, 0.25) is 0 Å². The quantitative estimate of drug-likeness (QED) is 0.178. The van der Waals surface area contributed by atoms with Gasteiger partial charge in [0, 0.05) is 59.2 Å². The van der Waals surface area contributed by atoms with Crippen LogP contribution in [0.5, 0.6) is 0 Å². The van der Waals surface area contributed by atoms with Crippen LogP contribution in [0.25, 0.3) is 97.1 Å². The first-order valence-corrected chi connectivity index (χ1v) is 16.9. The SMILES string of the molecule is O=c1c2ccc(-n3c4ccccc4c4c5c6ccccc6n(-c6ccccc6)c5ccc43)cc2oc2cc3c(cc12)sc1ccccc13. The maximum atomic E-state index is 13.9. The molecule has 4 aromatic heterocycles. The van der Waals surface area contributed by atoms with Crippen LogP contribution in [0.15, 0.2) is 155 Å². The number of hydrogen-bond donors (Lipinski definition) is 0. The first kappa shape index (κ1) is 26.0. The Bertz CT molecular complexity index is 3200. The Kier molecular flexibility index (Phi) is 5.11. The van der Waals surface area contributed by atoms with E-state index in [0.29, 0.717) is 21.9 Å². The van der Waals surface area contributed by atoms with Crippen LogP contribution < -0.4 is 5.43 Å². The molecule has 7 aromatic carbocycles. The van der Waals surface area contributed by atoms with E-state index < -0.39 is 0 Å². The molecule has 0 aliphatic heterocycles. The average molecular weight is 633 g/mol. The van der Waals surface area contributed by atoms with E-state index in [9.17, 15) is 4.79 Å². The van der Waals surface area contributed by atoms with Gasteiger partial charge in [0.15, 0.2) is 0 Å². The largest absolute Gasteiger partial charge is 0.456 e. The molecule has 11 rings (SSSR count). The lowest BCUT2D eigenvalue weighted by atomic mass is 10.1. The van der Waals surface area contributed by atoms with Crippen molar-refractivity contribution in [2.24, 2.45) is 0 Å². The first-order valence-electron chi connectivity index (χ1n) is 16.1. The number of para-hydroxylation sites is 3. The van der Waals surface area contributed by atoms with Crippen LogP contribution in [0, 0.1) is 0 Å². The second-order valence-corrected chi connectivity index (χ2v) is 13.5. The topological polar surface area (TPSA) is 40.1 Å². The summed E-state index contributed by atoms with van der Waals surface area (Å²) in [4.78, 5) is 13.9. The van der Waals surface area contributed by atoms with Gasteiger partial charge in [-0.3, -0.25) is 4.79 Å². The molecule has 224 valence electrons. The lowest BCUT2D eigenvalue weighted by Crippen LogP contribution is -2.03. The molecule has 48 heavy (non-hydrogen) atoms. The highest BCUT2D eigenvalue weighted by atomic mass is 32.1. The molecule has 0 amide bonds. The predicted octanol–water partition coefficient (Wildman–Crippen LogP) is 11.5. The summed E-state index contributed by atoms with van der Waals surface area (Å²) in [7, 11) is 0. The fourth-order valence-corrected chi connectivity index (χ4v) is 8.98. The van der Waals surface area contributed by atoms with Gasteiger partial charge in [-0.15, -0.1) is 11.3 Å². The summed E-state index contributed by atoms with van der Waals surface area (Å²) in [6.45, 7) is 0. The van der Waals surface area contributed by atoms with Crippen molar-refractivity contribution >= 4 is 97.1 Å². The van der Waals surface area contributed by atoms with Gasteiger partial charge in [0.1, 0.15) is 11.2 Å². The highest BCUT2D eigenvalue weighted by Gasteiger charge is 2.21. The predicted molar refractivity (Wildman–Crippen MR) is 202 cm³/mol. The van der Waals surface area contributed by atoms with E-state index in [1.54, 1.807) is 11.3 Å². The maximum Gasteiger partial charge on any atom is 0.200 e. The molecule has 0 saturated carbocycles. The van der Waals surface area contributed by atoms with Crippen LogP contribution in [0.1, 0.15) is 0 Å². The summed E-state index contributed by atoms with van der Waals surface area (Å²) in [5, 5.41) is 8.33. The molecule has 11 aromatic rings. The molecule has 0 aliphatic rings. The number of rotatable bonds is 2. The van der Waals surface area contributed by atoms with E-state index in [-0.39, 0.29) is 5.43 Å². The van der Waals surface area contributed by atoms with Gasteiger partial charge in [0.2, 0.25) is 5.43 Å². The zero-order valence-electron chi connectivity index (χ0n) is 25.5. The summed E-state index contributed by atoms with van der Waals surface area (Å²) in [5.74, 6) is 0. The standard InChI is InChI=1S/C43H24N2O2S/c46-43-30-19-18-26(22-37(30)47-38-23-31-27-12-6-9-17-39(27)48-40(31)24-32(38)43)45-34-16-8-5-14-29(34)42-36(45)21-20-35-41(42)28-13-4-7-15-33(28)44(35)25-10-2-1-3-11-25/h1-24H. The zero-order valence-corrected chi connectivity index (χ0v) is 26.3. The third-order valence-electron chi connectivity index (χ3n) is 9.90. The Hall–Kier alpha value is -6.17. The van der Waals surface area contributed by atoms with E-state index in [2.05, 4.69) is 124 Å². The monoisotopic (exact) mass is 632 g/mol. The third-order valence-corrected chi connectivity index (χ3v) is 11.0. The van der Waals surface area contributed by atoms with Gasteiger partial charge in [0.25, 0.3) is 0 Å². The highest BCUT2D eigenvalue weighted by Crippen LogP contribution is 2.43. The summed E-state index contributed by atoms with van der Waals surface area (Å²) >= 11 is 1.71. The molecule has 0 unspecified atom stereocenters. The van der Waals surface area contributed by atoms with Crippen LogP contribution in [0.3, 0.4) is 0 Å². The maximum absolute atomic E-state index is 13.9. The minimum Gasteiger partial charge on any atom is -0.456 e. The molecule has 4 heterocycles. The van der Waals surface area contributed by atoms with E-state index in [0.717, 1.165) is 32.5 Å². The fourth-order valence-electron chi connectivity index (χ4n) is 7.85. The van der Waals surface area contributed by atoms with Gasteiger partial charge >= 0.3 is 0 Å².